The van der Waals surface area contributed by atoms with Gasteiger partial charge in [-0.1, -0.05) is 6.07 Å². The van der Waals surface area contributed by atoms with Crippen molar-refractivity contribution in [2.75, 3.05) is 53.5 Å². The predicted octanol–water partition coefficient (Wildman–Crippen LogP) is 3.79. The SMILES string of the molecule is CCN(CC)C(=O)Oc1ccc2c(c1)CC2CNCCC(=O)N1CCc2cc(OC)c(OC)cc2CC1. The van der Waals surface area contributed by atoms with Gasteiger partial charge in [-0.05, 0) is 79.6 Å². The molecule has 8 heteroatoms. The van der Waals surface area contributed by atoms with E-state index in [2.05, 4.69) is 11.4 Å². The molecule has 2 aliphatic rings. The van der Waals surface area contributed by atoms with Crippen LogP contribution in [0.15, 0.2) is 30.3 Å². The molecule has 1 unspecified atom stereocenters. The highest BCUT2D eigenvalue weighted by Crippen LogP contribution is 2.37. The summed E-state index contributed by atoms with van der Waals surface area (Å²) in [5.74, 6) is 2.69. The van der Waals surface area contributed by atoms with Gasteiger partial charge in [0.05, 0.1) is 14.2 Å². The molecule has 0 radical (unpaired) electrons. The van der Waals surface area contributed by atoms with Gasteiger partial charge in [0, 0.05) is 51.6 Å². The molecule has 0 saturated heterocycles. The van der Waals surface area contributed by atoms with Crippen molar-refractivity contribution < 1.29 is 23.8 Å². The van der Waals surface area contributed by atoms with Crippen molar-refractivity contribution in [3.05, 3.63) is 52.6 Å². The summed E-state index contributed by atoms with van der Waals surface area (Å²) in [4.78, 5) is 28.7. The molecule has 0 spiro atoms. The highest BCUT2D eigenvalue weighted by atomic mass is 16.6. The van der Waals surface area contributed by atoms with E-state index in [1.807, 2.05) is 43.0 Å². The van der Waals surface area contributed by atoms with Crippen LogP contribution in [0.25, 0.3) is 0 Å². The number of hydrogen-bond acceptors (Lipinski definition) is 6. The summed E-state index contributed by atoms with van der Waals surface area (Å²) in [6.45, 7) is 8.08. The number of methoxy groups -OCH3 is 2. The molecule has 2 aromatic rings. The molecule has 4 rings (SSSR count). The van der Waals surface area contributed by atoms with Gasteiger partial charge in [0.25, 0.3) is 0 Å². The second-order valence-corrected chi connectivity index (χ2v) is 9.61. The number of carbonyl (C=O) groups excluding carboxylic acids is 2. The zero-order chi connectivity index (χ0) is 26.4. The smallest absolute Gasteiger partial charge is 0.415 e. The molecule has 0 aromatic heterocycles. The lowest BCUT2D eigenvalue weighted by atomic mass is 9.77. The quantitative estimate of drug-likeness (QED) is 0.491. The summed E-state index contributed by atoms with van der Waals surface area (Å²) in [7, 11) is 3.29. The van der Waals surface area contributed by atoms with Gasteiger partial charge < -0.3 is 29.3 Å². The molecule has 1 atom stereocenters. The van der Waals surface area contributed by atoms with Crippen molar-refractivity contribution in [3.8, 4) is 17.2 Å². The maximum atomic E-state index is 12.9. The first-order valence-electron chi connectivity index (χ1n) is 13.3. The van der Waals surface area contributed by atoms with Crippen molar-refractivity contribution in [2.24, 2.45) is 0 Å². The van der Waals surface area contributed by atoms with E-state index in [-0.39, 0.29) is 12.0 Å². The fraction of sp³-hybridized carbons (Fsp3) is 0.517. The van der Waals surface area contributed by atoms with E-state index in [1.165, 1.54) is 22.3 Å². The van der Waals surface area contributed by atoms with Gasteiger partial charge in [0.1, 0.15) is 5.75 Å². The number of amides is 2. The largest absolute Gasteiger partial charge is 0.493 e. The van der Waals surface area contributed by atoms with Crippen molar-refractivity contribution in [1.29, 1.82) is 0 Å². The summed E-state index contributed by atoms with van der Waals surface area (Å²) in [5.41, 5.74) is 4.96. The number of hydrogen-bond donors (Lipinski definition) is 1. The monoisotopic (exact) mass is 509 g/mol. The van der Waals surface area contributed by atoms with E-state index >= 15 is 0 Å². The van der Waals surface area contributed by atoms with Gasteiger partial charge in [-0.3, -0.25) is 4.79 Å². The predicted molar refractivity (Wildman–Crippen MR) is 143 cm³/mol. The van der Waals surface area contributed by atoms with Crippen LogP contribution in [0.2, 0.25) is 0 Å². The highest BCUT2D eigenvalue weighted by Gasteiger charge is 2.27. The van der Waals surface area contributed by atoms with Crippen LogP contribution >= 0.6 is 0 Å². The molecule has 8 nitrogen and oxygen atoms in total. The summed E-state index contributed by atoms with van der Waals surface area (Å²) in [6.07, 6.45) is 2.77. The second kappa shape index (κ2) is 12.3. The molecule has 0 saturated carbocycles. The van der Waals surface area contributed by atoms with Crippen molar-refractivity contribution in [1.82, 2.24) is 15.1 Å². The topological polar surface area (TPSA) is 80.3 Å². The minimum absolute atomic E-state index is 0.188. The minimum atomic E-state index is -0.306. The first-order chi connectivity index (χ1) is 18.0. The first-order valence-corrected chi connectivity index (χ1v) is 13.3. The summed E-state index contributed by atoms with van der Waals surface area (Å²) < 4.78 is 16.4. The van der Waals surface area contributed by atoms with Gasteiger partial charge in [0.2, 0.25) is 5.91 Å². The van der Waals surface area contributed by atoms with Gasteiger partial charge in [-0.15, -0.1) is 0 Å². The maximum absolute atomic E-state index is 12.9. The Kier molecular flexibility index (Phi) is 8.92. The van der Waals surface area contributed by atoms with Gasteiger partial charge in [-0.2, -0.15) is 0 Å². The van der Waals surface area contributed by atoms with E-state index in [4.69, 9.17) is 14.2 Å². The second-order valence-electron chi connectivity index (χ2n) is 9.61. The number of benzene rings is 2. The Labute approximate surface area is 219 Å². The molecule has 2 amide bonds. The Bertz CT molecular complexity index is 1080. The number of fused-ring (bicyclic) bond motifs is 2. The molecule has 1 aliphatic heterocycles. The van der Waals surface area contributed by atoms with Crippen LogP contribution in [-0.4, -0.2) is 75.3 Å². The average Bonchev–Trinajstić information content (AvgIpc) is 3.11. The molecule has 0 fully saturated rings. The summed E-state index contributed by atoms with van der Waals surface area (Å²) in [5, 5.41) is 3.47. The van der Waals surface area contributed by atoms with Gasteiger partial charge >= 0.3 is 6.09 Å². The Morgan fingerprint density at radius 3 is 2.19 bits per heavy atom. The molecular weight excluding hydrogens is 470 g/mol. The van der Waals surface area contributed by atoms with Crippen LogP contribution in [0, 0.1) is 0 Å². The van der Waals surface area contributed by atoms with Crippen molar-refractivity contribution >= 4 is 12.0 Å². The zero-order valence-corrected chi connectivity index (χ0v) is 22.5. The van der Waals surface area contributed by atoms with Gasteiger partial charge in [0.15, 0.2) is 11.5 Å². The number of nitrogens with one attached hydrogen (secondary N) is 1. The Morgan fingerprint density at radius 2 is 1.62 bits per heavy atom. The molecule has 1 N–H and O–H groups in total. The van der Waals surface area contributed by atoms with Crippen LogP contribution in [0.1, 0.15) is 48.4 Å². The van der Waals surface area contributed by atoms with E-state index in [9.17, 15) is 9.59 Å². The van der Waals surface area contributed by atoms with Crippen molar-refractivity contribution in [2.45, 2.75) is 45.4 Å². The molecule has 200 valence electrons. The molecule has 1 heterocycles. The lowest BCUT2D eigenvalue weighted by molar-refractivity contribution is -0.131. The normalized spacial score (nSPS) is 16.1. The van der Waals surface area contributed by atoms with E-state index in [0.717, 1.165) is 50.4 Å². The third-order valence-corrected chi connectivity index (χ3v) is 7.51. The van der Waals surface area contributed by atoms with Crippen LogP contribution in [-0.2, 0) is 24.1 Å². The molecule has 37 heavy (non-hydrogen) atoms. The third kappa shape index (κ3) is 6.18. The maximum Gasteiger partial charge on any atom is 0.415 e. The van der Waals surface area contributed by atoms with E-state index in [1.54, 1.807) is 19.1 Å². The fourth-order valence-corrected chi connectivity index (χ4v) is 5.22. The molecule has 0 bridgehead atoms. The van der Waals surface area contributed by atoms with Crippen LogP contribution in [0.3, 0.4) is 0 Å². The number of rotatable bonds is 10. The molecule has 2 aromatic carbocycles. The number of ether oxygens (including phenoxy) is 3. The number of carbonyl (C=O) groups is 2. The van der Waals surface area contributed by atoms with Crippen LogP contribution < -0.4 is 19.5 Å². The first kappa shape index (κ1) is 26.8. The Hall–Kier alpha value is -3.26. The zero-order valence-electron chi connectivity index (χ0n) is 22.5. The highest BCUT2D eigenvalue weighted by molar-refractivity contribution is 5.76. The van der Waals surface area contributed by atoms with Crippen molar-refractivity contribution in [3.63, 3.8) is 0 Å². The Balaban J connectivity index is 1.20. The van der Waals surface area contributed by atoms with Crippen LogP contribution in [0.4, 0.5) is 4.79 Å². The lowest BCUT2D eigenvalue weighted by Gasteiger charge is -2.31. The number of nitrogens with zero attached hydrogens (tertiary/aromatic N) is 2. The standard InChI is InChI=1S/C29H39N3O5/c1-5-31(6-2)29(34)37-24-7-8-25-22(16-24)15-23(25)19-30-12-9-28(33)32-13-10-20-17-26(35-3)27(36-4)18-21(20)11-14-32/h7-8,16-18,23,30H,5-6,9-15,19H2,1-4H3. The van der Waals surface area contributed by atoms with E-state index in [0.29, 0.717) is 37.7 Å². The van der Waals surface area contributed by atoms with E-state index < -0.39 is 0 Å². The molecule has 1 aliphatic carbocycles. The molecular formula is C29H39N3O5. The fourth-order valence-electron chi connectivity index (χ4n) is 5.22. The summed E-state index contributed by atoms with van der Waals surface area (Å²) in [6, 6.07) is 9.98. The van der Waals surface area contributed by atoms with Gasteiger partial charge in [-0.25, -0.2) is 4.79 Å². The Morgan fingerprint density at radius 1 is 0.973 bits per heavy atom. The lowest BCUT2D eigenvalue weighted by Crippen LogP contribution is -2.36. The third-order valence-electron chi connectivity index (χ3n) is 7.51. The minimum Gasteiger partial charge on any atom is -0.493 e. The average molecular weight is 510 g/mol. The van der Waals surface area contributed by atoms with Crippen LogP contribution in [0.5, 0.6) is 17.2 Å². The summed E-state index contributed by atoms with van der Waals surface area (Å²) >= 11 is 0.